The van der Waals surface area contributed by atoms with Gasteiger partial charge in [0.15, 0.2) is 0 Å². The van der Waals surface area contributed by atoms with Crippen LogP contribution in [0.1, 0.15) is 81.3 Å². The molecule has 4 unspecified atom stereocenters. The van der Waals surface area contributed by atoms with Gasteiger partial charge in [-0.1, -0.05) is 92.7 Å². The van der Waals surface area contributed by atoms with E-state index in [1.807, 2.05) is 61.5 Å². The highest BCUT2D eigenvalue weighted by atomic mass is 16.5. The van der Waals surface area contributed by atoms with Crippen molar-refractivity contribution in [1.29, 1.82) is 0 Å². The van der Waals surface area contributed by atoms with Crippen molar-refractivity contribution in [3.05, 3.63) is 121 Å². The number of carbonyl (C=O) groups excluding carboxylic acids is 3. The summed E-state index contributed by atoms with van der Waals surface area (Å²) >= 11 is 0. The Morgan fingerprint density at radius 3 is 2.02 bits per heavy atom. The van der Waals surface area contributed by atoms with Gasteiger partial charge in [-0.3, -0.25) is 9.59 Å². The number of likely N-dealkylation sites (tertiary alicyclic amines) is 2. The Kier molecular flexibility index (Phi) is 10.8. The van der Waals surface area contributed by atoms with E-state index in [1.54, 1.807) is 4.90 Å². The molecule has 318 valence electrons. The van der Waals surface area contributed by atoms with E-state index in [0.717, 1.165) is 82.3 Å². The molecular weight excluding hydrogens is 785 g/mol. The van der Waals surface area contributed by atoms with Gasteiger partial charge in [0, 0.05) is 18.7 Å². The topological polar surface area (TPSA) is 186 Å². The molecule has 2 aromatic heterocycles. The summed E-state index contributed by atoms with van der Waals surface area (Å²) in [6.07, 6.45) is 6.24. The maximum Gasteiger partial charge on any atom is 0.407 e. The highest BCUT2D eigenvalue weighted by Crippen LogP contribution is 2.58. The lowest BCUT2D eigenvalue weighted by Crippen LogP contribution is -2.51. The highest BCUT2D eigenvalue weighted by molar-refractivity contribution is 5.91. The van der Waals surface area contributed by atoms with E-state index in [2.05, 4.69) is 81.3 Å². The van der Waals surface area contributed by atoms with E-state index in [0.29, 0.717) is 24.5 Å². The molecule has 5 N–H and O–H groups in total. The first kappa shape index (κ1) is 40.4. The third-order valence-corrected chi connectivity index (χ3v) is 12.8. The van der Waals surface area contributed by atoms with Crippen LogP contribution in [0.15, 0.2) is 103 Å². The van der Waals surface area contributed by atoms with Crippen LogP contribution >= 0.6 is 0 Å². The average Bonchev–Trinajstić information content (AvgIpc) is 3.82. The fourth-order valence-corrected chi connectivity index (χ4v) is 9.23. The minimum Gasteiger partial charge on any atom is -0.465 e. The predicted molar refractivity (Wildman–Crippen MR) is 233 cm³/mol. The van der Waals surface area contributed by atoms with Crippen molar-refractivity contribution in [2.45, 2.75) is 70.1 Å². The molecular formula is C48H50N8O6. The van der Waals surface area contributed by atoms with Gasteiger partial charge < -0.3 is 40.2 Å². The zero-order chi connectivity index (χ0) is 43.1. The summed E-state index contributed by atoms with van der Waals surface area (Å²) in [6, 6.07) is 28.0. The number of carbonyl (C=O) groups is 4. The maximum atomic E-state index is 14.0. The lowest BCUT2D eigenvalue weighted by Gasteiger charge is -2.29. The monoisotopic (exact) mass is 834 g/mol. The Bertz CT molecular complexity index is 2630. The molecule has 2 aliphatic heterocycles. The Balaban J connectivity index is 0.885. The van der Waals surface area contributed by atoms with Crippen molar-refractivity contribution in [2.75, 3.05) is 20.2 Å². The SMILES string of the molecule is COC(=O)NC(C(=O)N1CCCC1c1ncc(-c2ccc3cc(-c4ccc(-c5cnc(C6CC7(CC7)CN6C(=O)C(NC(=O)O)C(C)C)[nH]5)cc4)ccc3c2)[nH]1)c1ccccc1. The largest absolute Gasteiger partial charge is 0.465 e. The van der Waals surface area contributed by atoms with Gasteiger partial charge in [-0.2, -0.15) is 0 Å². The number of amides is 4. The molecule has 1 spiro atoms. The zero-order valence-corrected chi connectivity index (χ0v) is 34.9. The van der Waals surface area contributed by atoms with Gasteiger partial charge in [0.2, 0.25) is 5.91 Å². The van der Waals surface area contributed by atoms with Gasteiger partial charge in [0.1, 0.15) is 23.7 Å². The molecule has 2 saturated heterocycles. The van der Waals surface area contributed by atoms with Crippen LogP contribution in [0.25, 0.3) is 44.4 Å². The predicted octanol–water partition coefficient (Wildman–Crippen LogP) is 8.39. The molecule has 9 rings (SSSR count). The molecule has 14 heteroatoms. The van der Waals surface area contributed by atoms with Crippen LogP contribution in [0.2, 0.25) is 0 Å². The third kappa shape index (κ3) is 7.99. The van der Waals surface area contributed by atoms with Gasteiger partial charge in [-0.15, -0.1) is 0 Å². The Morgan fingerprint density at radius 2 is 1.37 bits per heavy atom. The lowest BCUT2D eigenvalue weighted by molar-refractivity contribution is -0.136. The lowest BCUT2D eigenvalue weighted by atomic mass is 9.98. The molecule has 1 aliphatic carbocycles. The van der Waals surface area contributed by atoms with Crippen molar-refractivity contribution in [2.24, 2.45) is 11.3 Å². The number of hydrogen-bond acceptors (Lipinski definition) is 7. The number of imidazole rings is 2. The van der Waals surface area contributed by atoms with Crippen molar-refractivity contribution >= 4 is 34.8 Å². The van der Waals surface area contributed by atoms with Gasteiger partial charge in [-0.25, -0.2) is 19.6 Å². The molecule has 4 amide bonds. The summed E-state index contributed by atoms with van der Waals surface area (Å²) in [5.74, 6) is 0.819. The molecule has 4 atom stereocenters. The molecule has 6 aromatic rings. The summed E-state index contributed by atoms with van der Waals surface area (Å²) in [4.78, 5) is 71.5. The van der Waals surface area contributed by atoms with Crippen LogP contribution in [0.3, 0.4) is 0 Å². The first-order chi connectivity index (χ1) is 30.0. The fraction of sp³-hybridized carbons (Fsp3) is 0.333. The minimum atomic E-state index is -1.20. The first-order valence-corrected chi connectivity index (χ1v) is 21.2. The number of benzene rings is 4. The van der Waals surface area contributed by atoms with Crippen molar-refractivity contribution in [3.8, 4) is 33.6 Å². The van der Waals surface area contributed by atoms with Crippen molar-refractivity contribution in [1.82, 2.24) is 40.4 Å². The second-order valence-corrected chi connectivity index (χ2v) is 17.2. The number of nitrogens with zero attached hydrogens (tertiary/aromatic N) is 4. The van der Waals surface area contributed by atoms with E-state index >= 15 is 0 Å². The van der Waals surface area contributed by atoms with Crippen molar-refractivity contribution in [3.63, 3.8) is 0 Å². The number of H-pyrrole nitrogens is 2. The number of hydrogen-bond donors (Lipinski definition) is 5. The van der Waals surface area contributed by atoms with E-state index in [4.69, 9.17) is 14.7 Å². The van der Waals surface area contributed by atoms with Crippen LogP contribution in [0, 0.1) is 11.3 Å². The van der Waals surface area contributed by atoms with Crippen LogP contribution < -0.4 is 10.6 Å². The molecule has 1 saturated carbocycles. The Labute approximate surface area is 359 Å². The minimum absolute atomic E-state index is 0.0886. The number of rotatable bonds is 11. The molecule has 0 radical (unpaired) electrons. The highest BCUT2D eigenvalue weighted by Gasteiger charge is 2.55. The van der Waals surface area contributed by atoms with Gasteiger partial charge in [0.25, 0.3) is 5.91 Å². The second kappa shape index (κ2) is 16.5. The molecule has 14 nitrogen and oxygen atoms in total. The Hall–Kier alpha value is -6.96. The van der Waals surface area contributed by atoms with Gasteiger partial charge >= 0.3 is 12.2 Å². The standard InChI is InChI=1S/C48H50N8O6/c1-28(2)40(53-46(59)60)44(57)56-27-48(19-20-48)24-39(56)43-50-25-36(51-43)30-13-11-29(12-14-30)32-15-16-34-23-35(18-17-33(34)22-32)37-26-49-42(52-37)38-10-7-21-55(38)45(58)41(54-47(61)62-3)31-8-5-4-6-9-31/h4-6,8-9,11-18,22-23,25-26,28,38-41,53H,7,10,19-21,24,27H2,1-3H3,(H,49,52)(H,50,51)(H,54,61)(H,59,60). The molecule has 4 aromatic carbocycles. The molecule has 3 fully saturated rings. The fourth-order valence-electron chi connectivity index (χ4n) is 9.23. The van der Waals surface area contributed by atoms with Crippen LogP contribution in [-0.2, 0) is 14.3 Å². The number of methoxy groups -OCH3 is 1. The summed E-state index contributed by atoms with van der Waals surface area (Å²) in [5.41, 5.74) is 6.57. The quantitative estimate of drug-likeness (QED) is 0.0861. The summed E-state index contributed by atoms with van der Waals surface area (Å²) in [7, 11) is 1.28. The van der Waals surface area contributed by atoms with Crippen LogP contribution in [0.5, 0.6) is 0 Å². The summed E-state index contributed by atoms with van der Waals surface area (Å²) in [5, 5.41) is 16.7. The number of carboxylic acid groups (broad SMARTS) is 1. The Morgan fingerprint density at radius 1 is 0.758 bits per heavy atom. The smallest absolute Gasteiger partial charge is 0.407 e. The summed E-state index contributed by atoms with van der Waals surface area (Å²) < 4.78 is 4.84. The third-order valence-electron chi connectivity index (χ3n) is 12.8. The molecule has 3 aliphatic rings. The normalized spacial score (nSPS) is 18.8. The number of fused-ring (bicyclic) bond motifs is 1. The summed E-state index contributed by atoms with van der Waals surface area (Å²) in [6.45, 7) is 4.87. The van der Waals surface area contributed by atoms with E-state index < -0.39 is 24.3 Å². The molecule has 62 heavy (non-hydrogen) atoms. The average molecular weight is 835 g/mol. The number of nitrogens with one attached hydrogen (secondary N) is 4. The van der Waals surface area contributed by atoms with Gasteiger partial charge in [-0.05, 0) is 88.6 Å². The number of ether oxygens (including phenoxy) is 1. The maximum absolute atomic E-state index is 14.0. The van der Waals surface area contributed by atoms with E-state index in [1.165, 1.54) is 7.11 Å². The molecule has 0 bridgehead atoms. The zero-order valence-electron chi connectivity index (χ0n) is 34.9. The van der Waals surface area contributed by atoms with E-state index in [-0.39, 0.29) is 35.2 Å². The van der Waals surface area contributed by atoms with Crippen LogP contribution in [0.4, 0.5) is 9.59 Å². The first-order valence-electron chi connectivity index (χ1n) is 21.2. The van der Waals surface area contributed by atoms with Crippen molar-refractivity contribution < 1.29 is 29.0 Å². The van der Waals surface area contributed by atoms with Crippen LogP contribution in [-0.4, -0.2) is 85.1 Å². The number of aromatic amines is 2. The van der Waals surface area contributed by atoms with E-state index in [9.17, 15) is 24.3 Å². The number of alkyl carbamates (subject to hydrolysis) is 1. The van der Waals surface area contributed by atoms with Gasteiger partial charge in [0.05, 0.1) is 43.0 Å². The molecule has 4 heterocycles. The number of aromatic nitrogens is 4. The second-order valence-electron chi connectivity index (χ2n) is 17.2.